The quantitative estimate of drug-likeness (QED) is 0.561. The van der Waals surface area contributed by atoms with Crippen molar-refractivity contribution in [2.75, 3.05) is 0 Å². The first kappa shape index (κ1) is 7.89. The van der Waals surface area contributed by atoms with E-state index in [1.54, 1.807) is 13.8 Å². The Balaban J connectivity index is 4.23. The molecule has 0 N–H and O–H groups in total. The number of hydrogen-bond acceptors (Lipinski definition) is 1. The largest absolute Gasteiger partial charge is 0.295 e. The maximum absolute atomic E-state index is 10.5. The lowest BCUT2D eigenvalue weighted by Gasteiger charge is -1.92. The Hall–Kier alpha value is -0.110. The summed E-state index contributed by atoms with van der Waals surface area (Å²) in [4.78, 5) is 10.5. The molecule has 0 aliphatic heterocycles. The highest BCUT2D eigenvalue weighted by atomic mass is 79.9. The topological polar surface area (TPSA) is 17.1 Å². The number of carbonyl (C=O) groups is 1. The minimum Gasteiger partial charge on any atom is -0.295 e. The monoisotopic (exact) mass is 176 g/mol. The molecule has 2 heteroatoms. The minimum absolute atomic E-state index is 0.124. The van der Waals surface area contributed by atoms with E-state index >= 15 is 0 Å². The van der Waals surface area contributed by atoms with E-state index in [9.17, 15) is 4.79 Å². The van der Waals surface area contributed by atoms with E-state index in [0.717, 1.165) is 10.1 Å². The Labute approximate surface area is 57.9 Å². The number of rotatable bonds is 1. The predicted octanol–water partition coefficient (Wildman–Crippen LogP) is 2.26. The number of allylic oxidation sites excluding steroid dienone is 2. The Kier molecular flexibility index (Phi) is 2.98. The van der Waals surface area contributed by atoms with E-state index in [0.29, 0.717) is 0 Å². The van der Waals surface area contributed by atoms with E-state index in [2.05, 4.69) is 15.9 Å². The number of Topliss-reactive ketones (excluding diaryl/α,β-unsaturated/α-hetero) is 1. The third-order valence-corrected chi connectivity index (χ3v) is 1.64. The molecule has 0 aromatic rings. The first-order valence-electron chi connectivity index (χ1n) is 2.39. The molecule has 0 amide bonds. The van der Waals surface area contributed by atoms with Gasteiger partial charge >= 0.3 is 0 Å². The molecule has 0 aromatic heterocycles. The van der Waals surface area contributed by atoms with Gasteiger partial charge in [0.05, 0.1) is 0 Å². The molecule has 0 aliphatic carbocycles. The average Bonchev–Trinajstić information content (AvgIpc) is 1.64. The van der Waals surface area contributed by atoms with E-state index < -0.39 is 0 Å². The SMILES string of the molecule is CC(=O)/C(C)=C(/C)Br. The van der Waals surface area contributed by atoms with Gasteiger partial charge in [0, 0.05) is 5.57 Å². The van der Waals surface area contributed by atoms with Crippen molar-refractivity contribution in [1.29, 1.82) is 0 Å². The van der Waals surface area contributed by atoms with Gasteiger partial charge in [0.2, 0.25) is 0 Å². The van der Waals surface area contributed by atoms with Crippen LogP contribution >= 0.6 is 15.9 Å². The molecule has 0 radical (unpaired) electrons. The van der Waals surface area contributed by atoms with Gasteiger partial charge in [-0.15, -0.1) is 0 Å². The Bertz CT molecular complexity index is 131. The van der Waals surface area contributed by atoms with Crippen molar-refractivity contribution in [3.63, 3.8) is 0 Å². The first-order chi connectivity index (χ1) is 3.55. The fraction of sp³-hybridized carbons (Fsp3) is 0.500. The fourth-order valence-electron chi connectivity index (χ4n) is 0.243. The van der Waals surface area contributed by atoms with Crippen molar-refractivity contribution in [2.24, 2.45) is 0 Å². The van der Waals surface area contributed by atoms with E-state index in [1.807, 2.05) is 6.92 Å². The summed E-state index contributed by atoms with van der Waals surface area (Å²) >= 11 is 3.20. The smallest absolute Gasteiger partial charge is 0.156 e. The van der Waals surface area contributed by atoms with E-state index in [1.165, 1.54) is 0 Å². The predicted molar refractivity (Wildman–Crippen MR) is 38.0 cm³/mol. The summed E-state index contributed by atoms with van der Waals surface area (Å²) < 4.78 is 0.921. The van der Waals surface area contributed by atoms with Crippen LogP contribution in [0.4, 0.5) is 0 Å². The summed E-state index contributed by atoms with van der Waals surface area (Å²) in [6, 6.07) is 0. The number of halogens is 1. The number of hydrogen-bond donors (Lipinski definition) is 0. The zero-order valence-corrected chi connectivity index (χ0v) is 6.87. The van der Waals surface area contributed by atoms with Crippen LogP contribution in [0.15, 0.2) is 10.1 Å². The minimum atomic E-state index is 0.124. The van der Waals surface area contributed by atoms with Crippen molar-refractivity contribution in [2.45, 2.75) is 20.8 Å². The molecule has 0 fully saturated rings. The third kappa shape index (κ3) is 2.26. The molecular formula is C6H9BrO. The molecule has 0 bridgehead atoms. The molecule has 0 saturated heterocycles. The second kappa shape index (κ2) is 3.02. The number of ketones is 1. The molecule has 1 nitrogen and oxygen atoms in total. The van der Waals surface area contributed by atoms with Crippen molar-refractivity contribution in [3.05, 3.63) is 10.1 Å². The molecule has 0 unspecified atom stereocenters. The highest BCUT2D eigenvalue weighted by Crippen LogP contribution is 2.09. The summed E-state index contributed by atoms with van der Waals surface area (Å²) in [7, 11) is 0. The van der Waals surface area contributed by atoms with Gasteiger partial charge in [0.1, 0.15) is 0 Å². The van der Waals surface area contributed by atoms with Gasteiger partial charge in [-0.3, -0.25) is 4.79 Å². The molecule has 0 heterocycles. The third-order valence-electron chi connectivity index (χ3n) is 1.04. The van der Waals surface area contributed by atoms with Gasteiger partial charge < -0.3 is 0 Å². The van der Waals surface area contributed by atoms with Crippen LogP contribution in [0.1, 0.15) is 20.8 Å². The number of carbonyl (C=O) groups excluding carboxylic acids is 1. The van der Waals surface area contributed by atoms with Crippen LogP contribution in [-0.2, 0) is 4.79 Å². The molecule has 8 heavy (non-hydrogen) atoms. The van der Waals surface area contributed by atoms with Crippen LogP contribution in [0.5, 0.6) is 0 Å². The lowest BCUT2D eigenvalue weighted by molar-refractivity contribution is -0.113. The molecule has 0 rings (SSSR count). The second-order valence-electron chi connectivity index (χ2n) is 1.71. The summed E-state index contributed by atoms with van der Waals surface area (Å²) in [5.41, 5.74) is 0.796. The second-order valence-corrected chi connectivity index (χ2v) is 2.90. The van der Waals surface area contributed by atoms with Crippen molar-refractivity contribution in [1.82, 2.24) is 0 Å². The van der Waals surface area contributed by atoms with Gasteiger partial charge in [0.25, 0.3) is 0 Å². The Morgan fingerprint density at radius 1 is 1.25 bits per heavy atom. The summed E-state index contributed by atoms with van der Waals surface area (Å²) in [6.45, 7) is 5.21. The van der Waals surface area contributed by atoms with Crippen molar-refractivity contribution < 1.29 is 4.79 Å². The van der Waals surface area contributed by atoms with Crippen LogP contribution in [0.2, 0.25) is 0 Å². The molecule has 0 saturated carbocycles. The molecule has 0 aromatic carbocycles. The first-order valence-corrected chi connectivity index (χ1v) is 3.19. The molecule has 0 aliphatic rings. The molecule has 0 atom stereocenters. The maximum Gasteiger partial charge on any atom is 0.156 e. The Morgan fingerprint density at radius 3 is 1.62 bits per heavy atom. The zero-order chi connectivity index (χ0) is 6.73. The molecule has 0 spiro atoms. The standard InChI is InChI=1S/C6H9BrO/c1-4(5(2)7)6(3)8/h1-3H3/b5-4-. The highest BCUT2D eigenvalue weighted by Gasteiger charge is 1.96. The lowest BCUT2D eigenvalue weighted by Crippen LogP contribution is -1.91. The summed E-state index contributed by atoms with van der Waals surface area (Å²) in [6.07, 6.45) is 0. The van der Waals surface area contributed by atoms with E-state index in [-0.39, 0.29) is 5.78 Å². The van der Waals surface area contributed by atoms with Crippen LogP contribution in [0, 0.1) is 0 Å². The van der Waals surface area contributed by atoms with Crippen LogP contribution in [-0.4, -0.2) is 5.78 Å². The van der Waals surface area contributed by atoms with Crippen molar-refractivity contribution in [3.8, 4) is 0 Å². The zero-order valence-electron chi connectivity index (χ0n) is 5.29. The summed E-state index contributed by atoms with van der Waals surface area (Å²) in [5, 5.41) is 0. The molecular weight excluding hydrogens is 168 g/mol. The summed E-state index contributed by atoms with van der Waals surface area (Å²) in [5.74, 6) is 0.124. The van der Waals surface area contributed by atoms with Gasteiger partial charge in [-0.05, 0) is 25.3 Å². The molecule has 46 valence electrons. The van der Waals surface area contributed by atoms with Gasteiger partial charge in [-0.1, -0.05) is 15.9 Å². The van der Waals surface area contributed by atoms with Crippen LogP contribution in [0.3, 0.4) is 0 Å². The average molecular weight is 177 g/mol. The Morgan fingerprint density at radius 2 is 1.62 bits per heavy atom. The van der Waals surface area contributed by atoms with E-state index in [4.69, 9.17) is 0 Å². The van der Waals surface area contributed by atoms with Crippen LogP contribution < -0.4 is 0 Å². The highest BCUT2D eigenvalue weighted by molar-refractivity contribution is 9.11. The van der Waals surface area contributed by atoms with Gasteiger partial charge in [-0.25, -0.2) is 0 Å². The normalized spacial score (nSPS) is 13.0. The van der Waals surface area contributed by atoms with Gasteiger partial charge in [-0.2, -0.15) is 0 Å². The van der Waals surface area contributed by atoms with Crippen LogP contribution in [0.25, 0.3) is 0 Å². The fourth-order valence-corrected chi connectivity index (χ4v) is 0.522. The maximum atomic E-state index is 10.5. The lowest BCUT2D eigenvalue weighted by atomic mass is 10.2. The van der Waals surface area contributed by atoms with Crippen molar-refractivity contribution >= 4 is 21.7 Å². The van der Waals surface area contributed by atoms with Gasteiger partial charge in [0.15, 0.2) is 5.78 Å².